The highest BCUT2D eigenvalue weighted by molar-refractivity contribution is 5.81. The first kappa shape index (κ1) is 15.5. The van der Waals surface area contributed by atoms with Crippen molar-refractivity contribution in [3.05, 3.63) is 35.4 Å². The van der Waals surface area contributed by atoms with Gasteiger partial charge in [0.05, 0.1) is 6.04 Å². The molecule has 1 heterocycles. The van der Waals surface area contributed by atoms with Crippen LogP contribution in [-0.4, -0.2) is 31.7 Å². The van der Waals surface area contributed by atoms with Crippen molar-refractivity contribution >= 4 is 5.91 Å². The molecule has 3 rings (SSSR count). The maximum Gasteiger partial charge on any atom is 0.237 e. The van der Waals surface area contributed by atoms with Gasteiger partial charge in [0.15, 0.2) is 0 Å². The van der Waals surface area contributed by atoms with Gasteiger partial charge in [-0.1, -0.05) is 24.3 Å². The van der Waals surface area contributed by atoms with Gasteiger partial charge in [0.1, 0.15) is 0 Å². The summed E-state index contributed by atoms with van der Waals surface area (Å²) in [5.74, 6) is 0.679. The molecule has 0 saturated carbocycles. The Balaban J connectivity index is 1.55. The standard InChI is InChI=1S/C18H26N2O2/c19-17(14-8-10-22-11-9-14)18(21)20-12-15-6-3-5-13-4-1-2-7-16(13)15/h1-2,4,7,14-15,17H,3,5-6,8-12,19H2,(H,20,21). The molecule has 22 heavy (non-hydrogen) atoms. The molecule has 1 saturated heterocycles. The minimum Gasteiger partial charge on any atom is -0.381 e. The Hall–Kier alpha value is -1.39. The van der Waals surface area contributed by atoms with E-state index in [-0.39, 0.29) is 11.8 Å². The van der Waals surface area contributed by atoms with Crippen LogP contribution in [0.4, 0.5) is 0 Å². The number of carbonyl (C=O) groups is 1. The zero-order chi connectivity index (χ0) is 15.4. The molecule has 3 N–H and O–H groups in total. The predicted octanol–water partition coefficient (Wildman–Crippen LogP) is 1.98. The molecule has 2 unspecified atom stereocenters. The van der Waals surface area contributed by atoms with Crippen molar-refractivity contribution < 1.29 is 9.53 Å². The van der Waals surface area contributed by atoms with Crippen LogP contribution in [0.1, 0.15) is 42.7 Å². The first-order valence-electron chi connectivity index (χ1n) is 8.44. The van der Waals surface area contributed by atoms with Crippen LogP contribution in [0.5, 0.6) is 0 Å². The lowest BCUT2D eigenvalue weighted by Crippen LogP contribution is -2.48. The maximum absolute atomic E-state index is 12.3. The first-order chi connectivity index (χ1) is 10.8. The number of nitrogens with one attached hydrogen (secondary N) is 1. The van der Waals surface area contributed by atoms with Crippen molar-refractivity contribution in [3.63, 3.8) is 0 Å². The molecule has 2 atom stereocenters. The fraction of sp³-hybridized carbons (Fsp3) is 0.611. The highest BCUT2D eigenvalue weighted by Crippen LogP contribution is 2.30. The number of aryl methyl sites for hydroxylation is 1. The summed E-state index contributed by atoms with van der Waals surface area (Å²) in [4.78, 5) is 12.3. The van der Waals surface area contributed by atoms with Gasteiger partial charge in [0.2, 0.25) is 5.91 Å². The minimum absolute atomic E-state index is 0.00467. The Kier molecular flexibility index (Phi) is 5.11. The third-order valence-corrected chi connectivity index (χ3v) is 5.09. The molecule has 0 radical (unpaired) electrons. The van der Waals surface area contributed by atoms with Crippen molar-refractivity contribution in [2.75, 3.05) is 19.8 Å². The van der Waals surface area contributed by atoms with Gasteiger partial charge in [-0.15, -0.1) is 0 Å². The number of rotatable bonds is 4. The van der Waals surface area contributed by atoms with Gasteiger partial charge in [-0.3, -0.25) is 4.79 Å². The van der Waals surface area contributed by atoms with Gasteiger partial charge in [-0.25, -0.2) is 0 Å². The topological polar surface area (TPSA) is 64.4 Å². The third-order valence-electron chi connectivity index (χ3n) is 5.09. The fourth-order valence-corrected chi connectivity index (χ4v) is 3.70. The van der Waals surface area contributed by atoms with Gasteiger partial charge in [0.25, 0.3) is 0 Å². The molecule has 0 aromatic heterocycles. The zero-order valence-electron chi connectivity index (χ0n) is 13.1. The molecule has 2 aliphatic rings. The second-order valence-corrected chi connectivity index (χ2v) is 6.51. The van der Waals surface area contributed by atoms with E-state index in [2.05, 4.69) is 29.6 Å². The molecule has 120 valence electrons. The van der Waals surface area contributed by atoms with E-state index < -0.39 is 6.04 Å². The molecule has 0 spiro atoms. The van der Waals surface area contributed by atoms with E-state index in [9.17, 15) is 4.79 Å². The molecule has 1 amide bonds. The van der Waals surface area contributed by atoms with E-state index >= 15 is 0 Å². The summed E-state index contributed by atoms with van der Waals surface area (Å²) in [6.45, 7) is 2.15. The molecular formula is C18H26N2O2. The number of carbonyl (C=O) groups excluding carboxylic acids is 1. The Morgan fingerprint density at radius 3 is 2.86 bits per heavy atom. The predicted molar refractivity (Wildman–Crippen MR) is 86.6 cm³/mol. The number of ether oxygens (including phenoxy) is 1. The summed E-state index contributed by atoms with van der Waals surface area (Å²) >= 11 is 0. The molecule has 1 aromatic rings. The molecule has 1 aliphatic heterocycles. The summed E-state index contributed by atoms with van der Waals surface area (Å²) in [7, 11) is 0. The Labute approximate surface area is 132 Å². The molecule has 1 fully saturated rings. The number of benzene rings is 1. The van der Waals surface area contributed by atoms with E-state index in [0.29, 0.717) is 12.5 Å². The van der Waals surface area contributed by atoms with Crippen molar-refractivity contribution in [3.8, 4) is 0 Å². The van der Waals surface area contributed by atoms with Crippen molar-refractivity contribution in [2.24, 2.45) is 11.7 Å². The van der Waals surface area contributed by atoms with Crippen LogP contribution in [0, 0.1) is 5.92 Å². The van der Waals surface area contributed by atoms with Crippen LogP contribution in [-0.2, 0) is 16.0 Å². The van der Waals surface area contributed by atoms with Crippen molar-refractivity contribution in [1.29, 1.82) is 0 Å². The number of hydrogen-bond donors (Lipinski definition) is 2. The summed E-state index contributed by atoms with van der Waals surface area (Å²) in [6.07, 6.45) is 5.28. The van der Waals surface area contributed by atoms with Gasteiger partial charge in [-0.05, 0) is 49.1 Å². The Bertz CT molecular complexity index is 512. The molecule has 1 aliphatic carbocycles. The zero-order valence-corrected chi connectivity index (χ0v) is 13.1. The molecule has 4 nitrogen and oxygen atoms in total. The summed E-state index contributed by atoms with van der Waals surface area (Å²) in [5, 5.41) is 3.09. The number of amides is 1. The number of hydrogen-bond acceptors (Lipinski definition) is 3. The summed E-state index contributed by atoms with van der Waals surface area (Å²) < 4.78 is 5.34. The summed E-state index contributed by atoms with van der Waals surface area (Å²) in [5.41, 5.74) is 8.96. The van der Waals surface area contributed by atoms with E-state index in [4.69, 9.17) is 10.5 Å². The second kappa shape index (κ2) is 7.25. The molecule has 0 bridgehead atoms. The van der Waals surface area contributed by atoms with Crippen molar-refractivity contribution in [1.82, 2.24) is 5.32 Å². The van der Waals surface area contributed by atoms with Gasteiger partial charge in [-0.2, -0.15) is 0 Å². The average Bonchev–Trinajstić information content (AvgIpc) is 2.59. The second-order valence-electron chi connectivity index (χ2n) is 6.51. The molecule has 1 aromatic carbocycles. The normalized spacial score (nSPS) is 23.6. The van der Waals surface area contributed by atoms with E-state index in [0.717, 1.165) is 38.9 Å². The van der Waals surface area contributed by atoms with Crippen LogP contribution < -0.4 is 11.1 Å². The number of nitrogens with two attached hydrogens (primary N) is 1. The molecular weight excluding hydrogens is 276 g/mol. The van der Waals surface area contributed by atoms with Crippen molar-refractivity contribution in [2.45, 2.75) is 44.1 Å². The van der Waals surface area contributed by atoms with Crippen LogP contribution in [0.3, 0.4) is 0 Å². The minimum atomic E-state index is -0.400. The summed E-state index contributed by atoms with van der Waals surface area (Å²) in [6, 6.07) is 8.19. The fourth-order valence-electron chi connectivity index (χ4n) is 3.70. The van der Waals surface area contributed by atoms with Crippen LogP contribution in [0.25, 0.3) is 0 Å². The Morgan fingerprint density at radius 1 is 1.27 bits per heavy atom. The van der Waals surface area contributed by atoms with Gasteiger partial charge < -0.3 is 15.8 Å². The lowest BCUT2D eigenvalue weighted by Gasteiger charge is -2.29. The van der Waals surface area contributed by atoms with Gasteiger partial charge >= 0.3 is 0 Å². The molecule has 4 heteroatoms. The van der Waals surface area contributed by atoms with Crippen LogP contribution in [0.2, 0.25) is 0 Å². The monoisotopic (exact) mass is 302 g/mol. The lowest BCUT2D eigenvalue weighted by atomic mass is 9.82. The quantitative estimate of drug-likeness (QED) is 0.894. The SMILES string of the molecule is NC(C(=O)NCC1CCCc2ccccc21)C1CCOCC1. The Morgan fingerprint density at radius 2 is 2.05 bits per heavy atom. The average molecular weight is 302 g/mol. The number of fused-ring (bicyclic) bond motifs is 1. The highest BCUT2D eigenvalue weighted by Gasteiger charge is 2.27. The maximum atomic E-state index is 12.3. The largest absolute Gasteiger partial charge is 0.381 e. The van der Waals surface area contributed by atoms with Gasteiger partial charge in [0, 0.05) is 25.7 Å². The van der Waals surface area contributed by atoms with Crippen LogP contribution in [0.15, 0.2) is 24.3 Å². The van der Waals surface area contributed by atoms with E-state index in [1.165, 1.54) is 17.5 Å². The highest BCUT2D eigenvalue weighted by atomic mass is 16.5. The lowest BCUT2D eigenvalue weighted by molar-refractivity contribution is -0.124. The van der Waals surface area contributed by atoms with E-state index in [1.54, 1.807) is 0 Å². The smallest absolute Gasteiger partial charge is 0.237 e. The third kappa shape index (κ3) is 3.50. The van der Waals surface area contributed by atoms with Crippen LogP contribution >= 0.6 is 0 Å². The first-order valence-corrected chi connectivity index (χ1v) is 8.44. The van der Waals surface area contributed by atoms with E-state index in [1.807, 2.05) is 0 Å².